The summed E-state index contributed by atoms with van der Waals surface area (Å²) in [4.78, 5) is 11.7. The van der Waals surface area contributed by atoms with Gasteiger partial charge in [0.15, 0.2) is 0 Å². The quantitative estimate of drug-likeness (QED) is 0.699. The topological polar surface area (TPSA) is 50.4 Å². The molecule has 4 heteroatoms. The minimum atomic E-state index is -0.225. The second-order valence-electron chi connectivity index (χ2n) is 6.42. The van der Waals surface area contributed by atoms with Crippen LogP contribution in [-0.2, 0) is 9.53 Å². The van der Waals surface area contributed by atoms with Crippen molar-refractivity contribution in [3.8, 4) is 0 Å². The Morgan fingerprint density at radius 2 is 1.78 bits per heavy atom. The van der Waals surface area contributed by atoms with E-state index in [9.17, 15) is 4.79 Å². The van der Waals surface area contributed by atoms with E-state index in [0.717, 1.165) is 13.0 Å². The Morgan fingerprint density at radius 1 is 1.22 bits per heavy atom. The summed E-state index contributed by atoms with van der Waals surface area (Å²) < 4.78 is 5.83. The molecule has 0 heterocycles. The molecule has 18 heavy (non-hydrogen) atoms. The first kappa shape index (κ1) is 17.4. The zero-order valence-corrected chi connectivity index (χ0v) is 13.0. The highest BCUT2D eigenvalue weighted by molar-refractivity contribution is 5.78. The van der Waals surface area contributed by atoms with E-state index >= 15 is 0 Å². The highest BCUT2D eigenvalue weighted by Gasteiger charge is 2.24. The first-order chi connectivity index (χ1) is 8.09. The van der Waals surface area contributed by atoms with Crippen LogP contribution in [0.15, 0.2) is 0 Å². The molecule has 0 unspecified atom stereocenters. The van der Waals surface area contributed by atoms with Crippen molar-refractivity contribution in [1.29, 1.82) is 0 Å². The van der Waals surface area contributed by atoms with E-state index in [-0.39, 0.29) is 23.0 Å². The summed E-state index contributed by atoms with van der Waals surface area (Å²) in [6.45, 7) is 13.4. The second kappa shape index (κ2) is 7.10. The molecule has 0 spiro atoms. The lowest BCUT2D eigenvalue weighted by Gasteiger charge is -2.30. The zero-order valence-electron chi connectivity index (χ0n) is 13.0. The molecular formula is C14H30N2O2. The molecular weight excluding hydrogens is 228 g/mol. The van der Waals surface area contributed by atoms with Crippen molar-refractivity contribution >= 4 is 5.91 Å². The fourth-order valence-corrected chi connectivity index (χ4v) is 1.60. The van der Waals surface area contributed by atoms with Gasteiger partial charge in [0.2, 0.25) is 5.91 Å². The lowest BCUT2D eigenvalue weighted by molar-refractivity contribution is -0.126. The minimum absolute atomic E-state index is 0.0194. The number of rotatable bonds is 8. The van der Waals surface area contributed by atoms with Gasteiger partial charge in [-0.3, -0.25) is 4.79 Å². The van der Waals surface area contributed by atoms with Crippen LogP contribution in [0.2, 0.25) is 0 Å². The van der Waals surface area contributed by atoms with Crippen molar-refractivity contribution in [1.82, 2.24) is 10.6 Å². The van der Waals surface area contributed by atoms with Crippen LogP contribution in [0.3, 0.4) is 0 Å². The summed E-state index contributed by atoms with van der Waals surface area (Å²) in [5, 5.41) is 6.15. The number of amides is 1. The number of carbonyl (C=O) groups is 1. The Morgan fingerprint density at radius 3 is 2.22 bits per heavy atom. The molecule has 0 fully saturated rings. The zero-order chi connectivity index (χ0) is 14.4. The van der Waals surface area contributed by atoms with E-state index in [2.05, 4.69) is 24.5 Å². The Bertz CT molecular complexity index is 261. The Labute approximate surface area is 112 Å². The summed E-state index contributed by atoms with van der Waals surface area (Å²) >= 11 is 0. The second-order valence-corrected chi connectivity index (χ2v) is 6.42. The molecule has 0 aliphatic rings. The van der Waals surface area contributed by atoms with Gasteiger partial charge in [0.1, 0.15) is 0 Å². The van der Waals surface area contributed by atoms with Crippen molar-refractivity contribution in [2.24, 2.45) is 5.92 Å². The normalized spacial score (nSPS) is 12.9. The standard InChI is InChI=1S/C14H30N2O2/c1-11(2)12(17)16-13(3,4)8-9-18-14(5,6)10-15-7/h11,15H,8-10H2,1-7H3,(H,16,17). The molecule has 0 aromatic rings. The summed E-state index contributed by atoms with van der Waals surface area (Å²) in [6, 6.07) is 0. The molecule has 2 N–H and O–H groups in total. The van der Waals surface area contributed by atoms with E-state index in [1.807, 2.05) is 34.7 Å². The molecule has 0 saturated heterocycles. The van der Waals surface area contributed by atoms with Gasteiger partial charge in [-0.05, 0) is 41.2 Å². The van der Waals surface area contributed by atoms with Crippen LogP contribution in [0.25, 0.3) is 0 Å². The van der Waals surface area contributed by atoms with Gasteiger partial charge in [0, 0.05) is 24.6 Å². The number of hydrogen-bond acceptors (Lipinski definition) is 3. The Kier molecular flexibility index (Phi) is 6.86. The van der Waals surface area contributed by atoms with Crippen LogP contribution in [0.1, 0.15) is 48.0 Å². The fraction of sp³-hybridized carbons (Fsp3) is 0.929. The number of nitrogens with one attached hydrogen (secondary N) is 2. The van der Waals surface area contributed by atoms with Crippen molar-refractivity contribution in [2.45, 2.75) is 59.1 Å². The maximum Gasteiger partial charge on any atom is 0.222 e. The van der Waals surface area contributed by atoms with Gasteiger partial charge >= 0.3 is 0 Å². The first-order valence-electron chi connectivity index (χ1n) is 6.70. The summed E-state index contributed by atoms with van der Waals surface area (Å²) in [5.41, 5.74) is -0.399. The molecule has 108 valence electrons. The maximum absolute atomic E-state index is 11.7. The lowest BCUT2D eigenvalue weighted by Crippen LogP contribution is -2.46. The minimum Gasteiger partial charge on any atom is -0.374 e. The van der Waals surface area contributed by atoms with Gasteiger partial charge in [-0.25, -0.2) is 0 Å². The molecule has 0 saturated carbocycles. The summed E-state index contributed by atoms with van der Waals surface area (Å²) in [7, 11) is 1.91. The number of carbonyl (C=O) groups excluding carboxylic acids is 1. The summed E-state index contributed by atoms with van der Waals surface area (Å²) in [5.74, 6) is 0.111. The Balaban J connectivity index is 4.08. The molecule has 0 aliphatic heterocycles. The number of ether oxygens (including phenoxy) is 1. The number of hydrogen-bond donors (Lipinski definition) is 2. The van der Waals surface area contributed by atoms with Crippen LogP contribution in [0.5, 0.6) is 0 Å². The van der Waals surface area contributed by atoms with Gasteiger partial charge in [-0.1, -0.05) is 13.8 Å². The third-order valence-electron chi connectivity index (χ3n) is 2.81. The van der Waals surface area contributed by atoms with Gasteiger partial charge < -0.3 is 15.4 Å². The van der Waals surface area contributed by atoms with E-state index in [1.54, 1.807) is 0 Å². The van der Waals surface area contributed by atoms with Crippen molar-refractivity contribution in [3.63, 3.8) is 0 Å². The average Bonchev–Trinajstić information content (AvgIpc) is 2.15. The van der Waals surface area contributed by atoms with Crippen molar-refractivity contribution < 1.29 is 9.53 Å². The van der Waals surface area contributed by atoms with E-state index in [0.29, 0.717) is 6.61 Å². The van der Waals surface area contributed by atoms with Crippen LogP contribution >= 0.6 is 0 Å². The largest absolute Gasteiger partial charge is 0.374 e. The molecule has 0 bridgehead atoms. The van der Waals surface area contributed by atoms with Crippen LogP contribution in [-0.4, -0.2) is 37.2 Å². The predicted octanol–water partition coefficient (Wildman–Crippen LogP) is 1.94. The fourth-order valence-electron chi connectivity index (χ4n) is 1.60. The predicted molar refractivity (Wildman–Crippen MR) is 75.6 cm³/mol. The molecule has 0 atom stereocenters. The molecule has 1 amide bonds. The molecule has 0 radical (unpaired) electrons. The monoisotopic (exact) mass is 258 g/mol. The Hall–Kier alpha value is -0.610. The first-order valence-corrected chi connectivity index (χ1v) is 6.70. The van der Waals surface area contributed by atoms with Gasteiger partial charge in [-0.2, -0.15) is 0 Å². The number of likely N-dealkylation sites (N-methyl/N-ethyl adjacent to an activating group) is 1. The smallest absolute Gasteiger partial charge is 0.222 e. The van der Waals surface area contributed by atoms with E-state index in [4.69, 9.17) is 4.74 Å². The lowest BCUT2D eigenvalue weighted by atomic mass is 9.99. The molecule has 0 aromatic carbocycles. The molecule has 0 rings (SSSR count). The third kappa shape index (κ3) is 7.67. The van der Waals surface area contributed by atoms with Gasteiger partial charge in [0.05, 0.1) is 5.60 Å². The highest BCUT2D eigenvalue weighted by atomic mass is 16.5. The van der Waals surface area contributed by atoms with Crippen LogP contribution in [0, 0.1) is 5.92 Å². The SMILES string of the molecule is CNCC(C)(C)OCCC(C)(C)NC(=O)C(C)C. The van der Waals surface area contributed by atoms with Crippen LogP contribution < -0.4 is 10.6 Å². The van der Waals surface area contributed by atoms with Gasteiger partial charge in [-0.15, -0.1) is 0 Å². The summed E-state index contributed by atoms with van der Waals surface area (Å²) in [6.07, 6.45) is 0.804. The molecule has 0 aliphatic carbocycles. The van der Waals surface area contributed by atoms with Crippen molar-refractivity contribution in [2.75, 3.05) is 20.2 Å². The molecule has 0 aromatic heterocycles. The van der Waals surface area contributed by atoms with Crippen LogP contribution in [0.4, 0.5) is 0 Å². The van der Waals surface area contributed by atoms with E-state index in [1.165, 1.54) is 0 Å². The van der Waals surface area contributed by atoms with E-state index < -0.39 is 0 Å². The van der Waals surface area contributed by atoms with Crippen molar-refractivity contribution in [3.05, 3.63) is 0 Å². The third-order valence-corrected chi connectivity index (χ3v) is 2.81. The van der Waals surface area contributed by atoms with Gasteiger partial charge in [0.25, 0.3) is 0 Å². The average molecular weight is 258 g/mol. The highest BCUT2D eigenvalue weighted by Crippen LogP contribution is 2.14. The maximum atomic E-state index is 11.7. The molecule has 4 nitrogen and oxygen atoms in total.